The first kappa shape index (κ1) is 26.6. The van der Waals surface area contributed by atoms with Crippen molar-refractivity contribution < 1.29 is 28.5 Å². The fourth-order valence-electron chi connectivity index (χ4n) is 4.36. The van der Waals surface area contributed by atoms with E-state index in [9.17, 15) is 4.79 Å². The molecule has 0 spiro atoms. The predicted octanol–water partition coefficient (Wildman–Crippen LogP) is 4.86. The number of carbonyl (C=O) groups is 1. The van der Waals surface area contributed by atoms with Gasteiger partial charge >= 0.3 is 5.97 Å². The fraction of sp³-hybridized carbons (Fsp3) is 0.233. The molecule has 0 aliphatic carbocycles. The van der Waals surface area contributed by atoms with Gasteiger partial charge in [0.25, 0.3) is 0 Å². The minimum absolute atomic E-state index is 0.290. The summed E-state index contributed by atoms with van der Waals surface area (Å²) in [6, 6.07) is 16.2. The Morgan fingerprint density at radius 1 is 0.842 bits per heavy atom. The van der Waals surface area contributed by atoms with Gasteiger partial charge in [-0.05, 0) is 47.0 Å². The number of fused-ring (bicyclic) bond motifs is 1. The maximum Gasteiger partial charge on any atom is 0.328 e. The molecule has 0 aliphatic heterocycles. The van der Waals surface area contributed by atoms with Gasteiger partial charge in [-0.1, -0.05) is 36.4 Å². The number of hydrogen-bond acceptors (Lipinski definition) is 7. The summed E-state index contributed by atoms with van der Waals surface area (Å²) >= 11 is 0. The number of esters is 1. The Labute approximate surface area is 222 Å². The van der Waals surface area contributed by atoms with Crippen LogP contribution < -0.4 is 29.4 Å². The van der Waals surface area contributed by atoms with Gasteiger partial charge < -0.3 is 34.0 Å². The van der Waals surface area contributed by atoms with Crippen LogP contribution in [0.1, 0.15) is 16.7 Å². The Hall–Kier alpha value is -4.43. The zero-order chi connectivity index (χ0) is 27.2. The monoisotopic (exact) mass is 516 g/mol. The molecule has 0 amide bonds. The number of para-hydroxylation sites is 1. The average Bonchev–Trinajstić information content (AvgIpc) is 3.26. The van der Waals surface area contributed by atoms with E-state index in [2.05, 4.69) is 0 Å². The normalized spacial score (nSPS) is 11.9. The minimum Gasteiger partial charge on any atom is -0.493 e. The first-order valence-corrected chi connectivity index (χ1v) is 12.0. The second kappa shape index (κ2) is 11.7. The summed E-state index contributed by atoms with van der Waals surface area (Å²) in [4.78, 5) is 13.0. The molecule has 0 unspecified atom stereocenters. The quantitative estimate of drug-likeness (QED) is 0.183. The van der Waals surface area contributed by atoms with Gasteiger partial charge in [0.1, 0.15) is 6.04 Å². The summed E-state index contributed by atoms with van der Waals surface area (Å²) in [7, 11) is 8.19. The molecule has 1 aromatic heterocycles. The second-order valence-corrected chi connectivity index (χ2v) is 8.72. The lowest BCUT2D eigenvalue weighted by Gasteiger charge is -2.14. The van der Waals surface area contributed by atoms with Crippen LogP contribution in [0.2, 0.25) is 0 Å². The summed E-state index contributed by atoms with van der Waals surface area (Å²) in [5, 5.41) is 1.06. The van der Waals surface area contributed by atoms with Crippen molar-refractivity contribution in [3.63, 3.8) is 0 Å². The van der Waals surface area contributed by atoms with Gasteiger partial charge in [-0.15, -0.1) is 0 Å². The van der Waals surface area contributed by atoms with Gasteiger partial charge in [0, 0.05) is 30.6 Å². The molecule has 0 fully saturated rings. The van der Waals surface area contributed by atoms with Crippen molar-refractivity contribution in [2.45, 2.75) is 12.5 Å². The maximum absolute atomic E-state index is 13.0. The average molecular weight is 517 g/mol. The second-order valence-electron chi connectivity index (χ2n) is 8.72. The van der Waals surface area contributed by atoms with Crippen LogP contribution in [-0.4, -0.2) is 45.0 Å². The van der Waals surface area contributed by atoms with Gasteiger partial charge in [-0.2, -0.15) is 0 Å². The van der Waals surface area contributed by atoms with Crippen molar-refractivity contribution in [3.05, 3.63) is 77.5 Å². The standard InChI is InChI=1S/C30H32N2O6/c1-32-18-21(22-8-6-7-9-24(22)32)17-23(31)30(33)38-26-14-19(12-13-25(26)34-2)10-11-20-15-27(35-3)29(37-5)28(16-20)36-4/h6-16,18,23H,17,31H2,1-5H3/b11-10-/t23-/m1/s1. The number of nitrogens with two attached hydrogens (primary N) is 1. The van der Waals surface area contributed by atoms with Crippen LogP contribution in [0.5, 0.6) is 28.7 Å². The third-order valence-electron chi connectivity index (χ3n) is 6.28. The highest BCUT2D eigenvalue weighted by atomic mass is 16.6. The smallest absolute Gasteiger partial charge is 0.328 e. The molecule has 1 heterocycles. The van der Waals surface area contributed by atoms with E-state index in [1.54, 1.807) is 33.5 Å². The molecule has 4 aromatic rings. The Kier molecular flexibility index (Phi) is 8.23. The fourth-order valence-corrected chi connectivity index (χ4v) is 4.36. The number of ether oxygens (including phenoxy) is 5. The molecule has 0 aliphatic rings. The van der Waals surface area contributed by atoms with E-state index < -0.39 is 12.0 Å². The Morgan fingerprint density at radius 3 is 2.13 bits per heavy atom. The van der Waals surface area contributed by atoms with Crippen molar-refractivity contribution in [2.24, 2.45) is 12.8 Å². The predicted molar refractivity (Wildman–Crippen MR) is 148 cm³/mol. The SMILES string of the molecule is COc1ccc(/C=C\c2cc(OC)c(OC)c(OC)c2)cc1OC(=O)[C@H](N)Cc1cn(C)c2ccccc12. The van der Waals surface area contributed by atoms with Crippen LogP contribution in [0.15, 0.2) is 60.8 Å². The molecule has 8 heteroatoms. The highest BCUT2D eigenvalue weighted by Crippen LogP contribution is 2.39. The topological polar surface area (TPSA) is 94.2 Å². The number of nitrogens with zero attached hydrogens (tertiary/aromatic N) is 1. The van der Waals surface area contributed by atoms with E-state index in [4.69, 9.17) is 29.4 Å². The molecule has 0 radical (unpaired) electrons. The molecule has 0 saturated heterocycles. The molecular formula is C30H32N2O6. The number of methoxy groups -OCH3 is 4. The molecular weight excluding hydrogens is 484 g/mol. The highest BCUT2D eigenvalue weighted by Gasteiger charge is 2.21. The molecule has 38 heavy (non-hydrogen) atoms. The molecule has 1 atom stereocenters. The first-order chi connectivity index (χ1) is 18.4. The van der Waals surface area contributed by atoms with Gasteiger partial charge in [-0.25, -0.2) is 4.79 Å². The minimum atomic E-state index is -0.844. The molecule has 2 N–H and O–H groups in total. The number of carbonyl (C=O) groups excluding carboxylic acids is 1. The van der Waals surface area contributed by atoms with Crippen LogP contribution in [0, 0.1) is 0 Å². The van der Waals surface area contributed by atoms with E-state index in [0.29, 0.717) is 29.4 Å². The summed E-state index contributed by atoms with van der Waals surface area (Å²) in [5.74, 6) is 1.80. The third kappa shape index (κ3) is 5.60. The van der Waals surface area contributed by atoms with E-state index in [-0.39, 0.29) is 5.75 Å². The van der Waals surface area contributed by atoms with Gasteiger partial charge in [0.05, 0.1) is 28.4 Å². The molecule has 8 nitrogen and oxygen atoms in total. The first-order valence-electron chi connectivity index (χ1n) is 12.0. The molecule has 4 rings (SSSR count). The number of aryl methyl sites for hydroxylation is 1. The Bertz CT molecular complexity index is 1450. The van der Waals surface area contributed by atoms with E-state index in [1.807, 2.05) is 72.4 Å². The summed E-state index contributed by atoms with van der Waals surface area (Å²) in [6.45, 7) is 0. The highest BCUT2D eigenvalue weighted by molar-refractivity contribution is 5.86. The third-order valence-corrected chi connectivity index (χ3v) is 6.28. The van der Waals surface area contributed by atoms with Crippen molar-refractivity contribution >= 4 is 29.0 Å². The molecule has 3 aromatic carbocycles. The zero-order valence-electron chi connectivity index (χ0n) is 22.2. The van der Waals surface area contributed by atoms with Gasteiger partial charge in [-0.3, -0.25) is 0 Å². The van der Waals surface area contributed by atoms with Crippen LogP contribution in [0.3, 0.4) is 0 Å². The summed E-state index contributed by atoms with van der Waals surface area (Å²) in [5.41, 5.74) is 9.97. The van der Waals surface area contributed by atoms with Crippen LogP contribution in [0.4, 0.5) is 0 Å². The lowest BCUT2D eigenvalue weighted by Crippen LogP contribution is -2.36. The van der Waals surface area contributed by atoms with E-state index in [0.717, 1.165) is 27.6 Å². The Morgan fingerprint density at radius 2 is 1.47 bits per heavy atom. The summed E-state index contributed by atoms with van der Waals surface area (Å²) < 4.78 is 29.4. The lowest BCUT2D eigenvalue weighted by atomic mass is 10.1. The number of benzene rings is 3. The molecule has 198 valence electrons. The number of rotatable bonds is 10. The number of hydrogen-bond donors (Lipinski definition) is 1. The van der Waals surface area contributed by atoms with Crippen molar-refractivity contribution in [2.75, 3.05) is 28.4 Å². The number of aromatic nitrogens is 1. The van der Waals surface area contributed by atoms with Gasteiger partial charge in [0.2, 0.25) is 5.75 Å². The van der Waals surface area contributed by atoms with Crippen molar-refractivity contribution in [3.8, 4) is 28.7 Å². The maximum atomic E-state index is 13.0. The lowest BCUT2D eigenvalue weighted by molar-refractivity contribution is -0.135. The van der Waals surface area contributed by atoms with Crippen LogP contribution in [-0.2, 0) is 18.3 Å². The van der Waals surface area contributed by atoms with Crippen molar-refractivity contribution in [1.29, 1.82) is 0 Å². The van der Waals surface area contributed by atoms with Crippen LogP contribution >= 0.6 is 0 Å². The molecule has 0 saturated carbocycles. The Balaban J connectivity index is 1.53. The molecule has 0 bridgehead atoms. The van der Waals surface area contributed by atoms with E-state index >= 15 is 0 Å². The van der Waals surface area contributed by atoms with E-state index in [1.165, 1.54) is 7.11 Å². The summed E-state index contributed by atoms with van der Waals surface area (Å²) in [6.07, 6.45) is 6.12. The van der Waals surface area contributed by atoms with Crippen molar-refractivity contribution in [1.82, 2.24) is 4.57 Å². The van der Waals surface area contributed by atoms with Crippen LogP contribution in [0.25, 0.3) is 23.1 Å². The largest absolute Gasteiger partial charge is 0.493 e. The zero-order valence-corrected chi connectivity index (χ0v) is 22.2. The van der Waals surface area contributed by atoms with Gasteiger partial charge in [0.15, 0.2) is 23.0 Å².